The molecule has 1 heterocycles. The second-order valence-corrected chi connectivity index (χ2v) is 5.65. The zero-order valence-electron chi connectivity index (χ0n) is 13.9. The average Bonchev–Trinajstić information content (AvgIpc) is 2.60. The van der Waals surface area contributed by atoms with Gasteiger partial charge in [-0.25, -0.2) is 4.98 Å². The van der Waals surface area contributed by atoms with Crippen molar-refractivity contribution >= 4 is 11.8 Å². The number of aromatic amines is 1. The Balaban J connectivity index is 2.56. The van der Waals surface area contributed by atoms with Crippen LogP contribution in [-0.2, 0) is 0 Å². The number of nitrogens with zero attached hydrogens (tertiary/aromatic N) is 2. The Kier molecular flexibility index (Phi) is 6.27. The fraction of sp³-hybridized carbons (Fsp3) is 0.353. The standard InChI is InChI=1S/C17H19N3O3S/c1-4-8-23-13-7-6-11(9-14(13)22-5-2)15-12(10-18)16(21)20-17(19-15)24-3/h6-7,9H,4-5,8H2,1-3H3,(H,19,20,21). The maximum Gasteiger partial charge on any atom is 0.270 e. The molecule has 0 bridgehead atoms. The van der Waals surface area contributed by atoms with Gasteiger partial charge in [-0.2, -0.15) is 5.26 Å². The van der Waals surface area contributed by atoms with Gasteiger partial charge >= 0.3 is 0 Å². The highest BCUT2D eigenvalue weighted by Gasteiger charge is 2.15. The van der Waals surface area contributed by atoms with Crippen molar-refractivity contribution in [2.75, 3.05) is 19.5 Å². The van der Waals surface area contributed by atoms with E-state index in [0.717, 1.165) is 6.42 Å². The van der Waals surface area contributed by atoms with Gasteiger partial charge in [0.15, 0.2) is 16.7 Å². The van der Waals surface area contributed by atoms with Crippen molar-refractivity contribution in [3.63, 3.8) is 0 Å². The number of nitriles is 1. The van der Waals surface area contributed by atoms with E-state index >= 15 is 0 Å². The van der Waals surface area contributed by atoms with Crippen molar-refractivity contribution in [2.24, 2.45) is 0 Å². The molecule has 0 amide bonds. The van der Waals surface area contributed by atoms with Gasteiger partial charge in [0.05, 0.1) is 18.9 Å². The predicted molar refractivity (Wildman–Crippen MR) is 93.7 cm³/mol. The average molecular weight is 345 g/mol. The largest absolute Gasteiger partial charge is 0.490 e. The van der Waals surface area contributed by atoms with E-state index in [1.54, 1.807) is 24.5 Å². The van der Waals surface area contributed by atoms with Crippen LogP contribution in [0, 0.1) is 11.3 Å². The Morgan fingerprint density at radius 1 is 1.29 bits per heavy atom. The van der Waals surface area contributed by atoms with Crippen molar-refractivity contribution < 1.29 is 9.47 Å². The summed E-state index contributed by atoms with van der Waals surface area (Å²) in [6.07, 6.45) is 2.69. The van der Waals surface area contributed by atoms with E-state index in [1.807, 2.05) is 19.9 Å². The van der Waals surface area contributed by atoms with Gasteiger partial charge in [0.25, 0.3) is 5.56 Å². The molecule has 1 aromatic heterocycles. The maximum absolute atomic E-state index is 12.1. The first-order chi connectivity index (χ1) is 11.6. The van der Waals surface area contributed by atoms with E-state index in [9.17, 15) is 10.1 Å². The summed E-state index contributed by atoms with van der Waals surface area (Å²) in [6, 6.07) is 7.23. The lowest BCUT2D eigenvalue weighted by Gasteiger charge is -2.13. The van der Waals surface area contributed by atoms with E-state index in [2.05, 4.69) is 9.97 Å². The number of hydrogen-bond donors (Lipinski definition) is 1. The topological polar surface area (TPSA) is 88.0 Å². The summed E-state index contributed by atoms with van der Waals surface area (Å²) in [5.41, 5.74) is 0.516. The zero-order valence-corrected chi connectivity index (χ0v) is 14.7. The molecule has 0 aliphatic heterocycles. The molecule has 0 aliphatic carbocycles. The molecule has 0 saturated carbocycles. The van der Waals surface area contributed by atoms with Crippen LogP contribution in [0.25, 0.3) is 11.3 Å². The van der Waals surface area contributed by atoms with Crippen LogP contribution in [0.5, 0.6) is 11.5 Å². The van der Waals surface area contributed by atoms with Crippen LogP contribution in [0.15, 0.2) is 28.2 Å². The highest BCUT2D eigenvalue weighted by Crippen LogP contribution is 2.33. The Labute approximate surface area is 144 Å². The zero-order chi connectivity index (χ0) is 17.5. The quantitative estimate of drug-likeness (QED) is 0.612. The molecule has 0 aliphatic rings. The summed E-state index contributed by atoms with van der Waals surface area (Å²) in [7, 11) is 0. The van der Waals surface area contributed by atoms with Crippen molar-refractivity contribution in [2.45, 2.75) is 25.4 Å². The van der Waals surface area contributed by atoms with Gasteiger partial charge < -0.3 is 14.5 Å². The van der Waals surface area contributed by atoms with Crippen molar-refractivity contribution in [1.82, 2.24) is 9.97 Å². The molecule has 24 heavy (non-hydrogen) atoms. The van der Waals surface area contributed by atoms with Crippen molar-refractivity contribution in [1.29, 1.82) is 5.26 Å². The van der Waals surface area contributed by atoms with Crippen LogP contribution in [0.4, 0.5) is 0 Å². The second kappa shape index (κ2) is 8.41. The first kappa shape index (κ1) is 17.9. The number of rotatable bonds is 7. The maximum atomic E-state index is 12.1. The number of H-pyrrole nitrogens is 1. The van der Waals surface area contributed by atoms with Crippen LogP contribution in [0.3, 0.4) is 0 Å². The fourth-order valence-electron chi connectivity index (χ4n) is 2.12. The summed E-state index contributed by atoms with van der Waals surface area (Å²) >= 11 is 1.31. The van der Waals surface area contributed by atoms with Crippen LogP contribution in [0.1, 0.15) is 25.8 Å². The minimum Gasteiger partial charge on any atom is -0.490 e. The molecule has 1 aromatic carbocycles. The highest BCUT2D eigenvalue weighted by atomic mass is 32.2. The lowest BCUT2D eigenvalue weighted by Crippen LogP contribution is -2.14. The van der Waals surface area contributed by atoms with Crippen molar-refractivity contribution in [3.8, 4) is 28.8 Å². The molecule has 0 atom stereocenters. The van der Waals surface area contributed by atoms with E-state index in [4.69, 9.17) is 9.47 Å². The smallest absolute Gasteiger partial charge is 0.270 e. The highest BCUT2D eigenvalue weighted by molar-refractivity contribution is 7.98. The lowest BCUT2D eigenvalue weighted by molar-refractivity contribution is 0.277. The molecule has 7 heteroatoms. The van der Waals surface area contributed by atoms with Crippen LogP contribution in [-0.4, -0.2) is 29.4 Å². The first-order valence-electron chi connectivity index (χ1n) is 7.63. The number of nitrogens with one attached hydrogen (secondary N) is 1. The van der Waals surface area contributed by atoms with Gasteiger partial charge in [-0.1, -0.05) is 18.7 Å². The van der Waals surface area contributed by atoms with Gasteiger partial charge in [0.1, 0.15) is 11.6 Å². The third kappa shape index (κ3) is 3.89. The molecule has 2 rings (SSSR count). The molecule has 0 unspecified atom stereocenters. The Hall–Kier alpha value is -2.46. The van der Waals surface area contributed by atoms with E-state index in [1.165, 1.54) is 11.8 Å². The monoisotopic (exact) mass is 345 g/mol. The summed E-state index contributed by atoms with van der Waals surface area (Å²) in [4.78, 5) is 19.0. The van der Waals surface area contributed by atoms with Gasteiger partial charge in [0, 0.05) is 5.56 Å². The summed E-state index contributed by atoms with van der Waals surface area (Å²) in [6.45, 7) is 4.98. The normalized spacial score (nSPS) is 10.2. The minimum atomic E-state index is -0.448. The summed E-state index contributed by atoms with van der Waals surface area (Å²) in [5, 5.41) is 9.75. The van der Waals surface area contributed by atoms with E-state index in [-0.39, 0.29) is 5.56 Å². The third-order valence-electron chi connectivity index (χ3n) is 3.18. The Morgan fingerprint density at radius 2 is 2.08 bits per heavy atom. The Bertz CT molecular complexity index is 812. The van der Waals surface area contributed by atoms with E-state index in [0.29, 0.717) is 41.1 Å². The molecular weight excluding hydrogens is 326 g/mol. The number of ether oxygens (including phenoxy) is 2. The SMILES string of the molecule is CCCOc1ccc(-c2nc(SC)[nH]c(=O)c2C#N)cc1OCC. The molecule has 0 saturated heterocycles. The first-order valence-corrected chi connectivity index (χ1v) is 8.85. The number of hydrogen-bond acceptors (Lipinski definition) is 6. The molecule has 0 spiro atoms. The molecule has 2 aromatic rings. The molecular formula is C17H19N3O3S. The van der Waals surface area contributed by atoms with Gasteiger partial charge in [-0.05, 0) is 37.8 Å². The minimum absolute atomic E-state index is 0.0162. The second-order valence-electron chi connectivity index (χ2n) is 4.85. The van der Waals surface area contributed by atoms with Crippen LogP contribution in [0.2, 0.25) is 0 Å². The Morgan fingerprint density at radius 3 is 2.71 bits per heavy atom. The van der Waals surface area contributed by atoms with Crippen LogP contribution < -0.4 is 15.0 Å². The van der Waals surface area contributed by atoms with Crippen LogP contribution >= 0.6 is 11.8 Å². The molecule has 1 N–H and O–H groups in total. The van der Waals surface area contributed by atoms with Crippen molar-refractivity contribution in [3.05, 3.63) is 34.1 Å². The molecule has 0 radical (unpaired) electrons. The summed E-state index contributed by atoms with van der Waals surface area (Å²) in [5.74, 6) is 1.20. The number of aromatic nitrogens is 2. The van der Waals surface area contributed by atoms with E-state index < -0.39 is 5.56 Å². The van der Waals surface area contributed by atoms with Gasteiger partial charge in [-0.15, -0.1) is 0 Å². The molecule has 126 valence electrons. The van der Waals surface area contributed by atoms with Gasteiger partial charge in [-0.3, -0.25) is 4.79 Å². The fourth-order valence-corrected chi connectivity index (χ4v) is 2.49. The number of thioether (sulfide) groups is 1. The molecule has 6 nitrogen and oxygen atoms in total. The van der Waals surface area contributed by atoms with Gasteiger partial charge in [0.2, 0.25) is 0 Å². The molecule has 0 fully saturated rings. The third-order valence-corrected chi connectivity index (χ3v) is 3.76. The predicted octanol–water partition coefficient (Wildman–Crippen LogP) is 3.22. The number of benzene rings is 1. The lowest BCUT2D eigenvalue weighted by atomic mass is 10.1. The summed E-state index contributed by atoms with van der Waals surface area (Å²) < 4.78 is 11.3.